The zero-order chi connectivity index (χ0) is 19.8. The van der Waals surface area contributed by atoms with Gasteiger partial charge >= 0.3 is 0 Å². The van der Waals surface area contributed by atoms with Crippen LogP contribution < -0.4 is 5.32 Å². The van der Waals surface area contributed by atoms with Gasteiger partial charge in [-0.3, -0.25) is 9.69 Å². The highest BCUT2D eigenvalue weighted by Gasteiger charge is 2.36. The van der Waals surface area contributed by atoms with Crippen molar-refractivity contribution in [3.8, 4) is 11.5 Å². The summed E-state index contributed by atoms with van der Waals surface area (Å²) in [5.41, 5.74) is 1.10. The van der Waals surface area contributed by atoms with E-state index >= 15 is 0 Å². The van der Waals surface area contributed by atoms with Crippen LogP contribution in [0.4, 0.5) is 0 Å². The Bertz CT molecular complexity index is 982. The van der Waals surface area contributed by atoms with Crippen LogP contribution in [0.2, 0.25) is 0 Å². The Morgan fingerprint density at radius 2 is 2.24 bits per heavy atom. The Morgan fingerprint density at radius 3 is 3.07 bits per heavy atom. The average Bonchev–Trinajstić information content (AvgIpc) is 3.48. The first kappa shape index (κ1) is 18.2. The van der Waals surface area contributed by atoms with Crippen molar-refractivity contribution in [2.45, 2.75) is 51.2 Å². The molecule has 8 heteroatoms. The van der Waals surface area contributed by atoms with Crippen LogP contribution in [0.25, 0.3) is 11.5 Å². The maximum Gasteiger partial charge on any atom is 0.271 e. The lowest BCUT2D eigenvalue weighted by molar-refractivity contribution is 0.0902. The predicted octanol–water partition coefficient (Wildman–Crippen LogP) is 2.86. The molecule has 1 saturated heterocycles. The van der Waals surface area contributed by atoms with Gasteiger partial charge in [0.25, 0.3) is 5.91 Å². The zero-order valence-electron chi connectivity index (χ0n) is 16.6. The second kappa shape index (κ2) is 7.18. The normalized spacial score (nSPS) is 22.0. The van der Waals surface area contributed by atoms with Crippen molar-refractivity contribution < 1.29 is 13.7 Å². The summed E-state index contributed by atoms with van der Waals surface area (Å²) in [4.78, 5) is 19.6. The van der Waals surface area contributed by atoms with E-state index in [-0.39, 0.29) is 11.4 Å². The molecule has 152 valence electrons. The minimum Gasteiger partial charge on any atom is -0.461 e. The van der Waals surface area contributed by atoms with Gasteiger partial charge in [-0.25, -0.2) is 4.98 Å². The maximum atomic E-state index is 12.8. The van der Waals surface area contributed by atoms with Gasteiger partial charge in [-0.1, -0.05) is 5.16 Å². The standard InChI is InChI=1S/C21H25N5O3/c1-21(23-20(27)16-13-26-8-3-2-6-19(26)22-16)7-9-25(14-21)12-15-11-18(29-24-15)17-5-4-10-28-17/h4-5,10-11,13H,2-3,6-9,12,14H2,1H3,(H,23,27). The quantitative estimate of drug-likeness (QED) is 0.715. The molecule has 0 radical (unpaired) electrons. The molecule has 5 heterocycles. The van der Waals surface area contributed by atoms with E-state index < -0.39 is 0 Å². The number of rotatable bonds is 5. The molecule has 2 aliphatic rings. The maximum absolute atomic E-state index is 12.8. The fourth-order valence-corrected chi connectivity index (χ4v) is 4.30. The summed E-state index contributed by atoms with van der Waals surface area (Å²) < 4.78 is 12.8. The van der Waals surface area contributed by atoms with Gasteiger partial charge in [-0.2, -0.15) is 0 Å². The molecule has 1 unspecified atom stereocenters. The lowest BCUT2D eigenvalue weighted by Gasteiger charge is -2.25. The number of nitrogens with one attached hydrogen (secondary N) is 1. The van der Waals surface area contributed by atoms with E-state index in [9.17, 15) is 4.79 Å². The van der Waals surface area contributed by atoms with Crippen LogP contribution in [0.3, 0.4) is 0 Å². The number of nitrogens with zero attached hydrogens (tertiary/aromatic N) is 4. The highest BCUT2D eigenvalue weighted by atomic mass is 16.5. The molecule has 1 amide bonds. The lowest BCUT2D eigenvalue weighted by Crippen LogP contribution is -2.48. The Morgan fingerprint density at radius 1 is 1.31 bits per heavy atom. The highest BCUT2D eigenvalue weighted by molar-refractivity contribution is 5.92. The number of carbonyl (C=O) groups is 1. The summed E-state index contributed by atoms with van der Waals surface area (Å²) in [7, 11) is 0. The van der Waals surface area contributed by atoms with Crippen molar-refractivity contribution in [2.24, 2.45) is 0 Å². The molecule has 0 aromatic carbocycles. The lowest BCUT2D eigenvalue weighted by atomic mass is 10.0. The molecular formula is C21H25N5O3. The molecule has 5 rings (SSSR count). The summed E-state index contributed by atoms with van der Waals surface area (Å²) in [6, 6.07) is 5.58. The van der Waals surface area contributed by atoms with E-state index in [2.05, 4.69) is 31.8 Å². The first-order chi connectivity index (χ1) is 14.1. The molecule has 0 aliphatic carbocycles. The van der Waals surface area contributed by atoms with Crippen LogP contribution in [0.1, 0.15) is 48.2 Å². The topological polar surface area (TPSA) is 89.3 Å². The molecule has 0 bridgehead atoms. The van der Waals surface area contributed by atoms with E-state index in [1.165, 1.54) is 0 Å². The number of hydrogen-bond donors (Lipinski definition) is 1. The van der Waals surface area contributed by atoms with Crippen molar-refractivity contribution >= 4 is 5.91 Å². The van der Waals surface area contributed by atoms with E-state index in [1.807, 2.05) is 24.4 Å². The third kappa shape index (κ3) is 3.72. The van der Waals surface area contributed by atoms with E-state index in [0.717, 1.165) is 56.8 Å². The molecular weight excluding hydrogens is 370 g/mol. The van der Waals surface area contributed by atoms with Gasteiger partial charge in [0.1, 0.15) is 11.5 Å². The van der Waals surface area contributed by atoms with Gasteiger partial charge in [-0.15, -0.1) is 0 Å². The summed E-state index contributed by atoms with van der Waals surface area (Å²) in [6.45, 7) is 5.37. The molecule has 3 aromatic heterocycles. The van der Waals surface area contributed by atoms with Gasteiger partial charge in [0.2, 0.25) is 5.76 Å². The second-order valence-corrected chi connectivity index (χ2v) is 8.33. The van der Waals surface area contributed by atoms with Gasteiger partial charge in [0.15, 0.2) is 5.76 Å². The SMILES string of the molecule is CC1(NC(=O)c2cn3c(n2)CCCC3)CCN(Cc2cc(-c3ccco3)on2)C1. The van der Waals surface area contributed by atoms with Crippen LogP contribution in [0, 0.1) is 0 Å². The Hall–Kier alpha value is -2.87. The number of likely N-dealkylation sites (tertiary alicyclic amines) is 1. The van der Waals surface area contributed by atoms with Crippen LogP contribution in [-0.4, -0.2) is 44.1 Å². The van der Waals surface area contributed by atoms with Crippen molar-refractivity contribution in [3.63, 3.8) is 0 Å². The van der Waals surface area contributed by atoms with Gasteiger partial charge in [0.05, 0.1) is 17.5 Å². The van der Waals surface area contributed by atoms with Crippen LogP contribution in [0.5, 0.6) is 0 Å². The number of aryl methyl sites for hydroxylation is 2. The number of aromatic nitrogens is 3. The number of furan rings is 1. The molecule has 1 fully saturated rings. The highest BCUT2D eigenvalue weighted by Crippen LogP contribution is 2.25. The molecule has 8 nitrogen and oxygen atoms in total. The van der Waals surface area contributed by atoms with Crippen molar-refractivity contribution in [3.05, 3.63) is 47.9 Å². The third-order valence-electron chi connectivity index (χ3n) is 5.82. The molecule has 0 spiro atoms. The number of carbonyl (C=O) groups excluding carboxylic acids is 1. The summed E-state index contributed by atoms with van der Waals surface area (Å²) >= 11 is 0. The summed E-state index contributed by atoms with van der Waals surface area (Å²) in [5, 5.41) is 7.36. The molecule has 1 atom stereocenters. The van der Waals surface area contributed by atoms with E-state index in [4.69, 9.17) is 8.94 Å². The monoisotopic (exact) mass is 395 g/mol. The summed E-state index contributed by atoms with van der Waals surface area (Å²) in [6.07, 6.45) is 7.65. The Labute approximate surface area is 168 Å². The first-order valence-corrected chi connectivity index (χ1v) is 10.2. The minimum absolute atomic E-state index is 0.0854. The van der Waals surface area contributed by atoms with Crippen molar-refractivity contribution in [1.82, 2.24) is 24.9 Å². The van der Waals surface area contributed by atoms with Gasteiger partial charge in [0, 0.05) is 44.9 Å². The predicted molar refractivity (Wildman–Crippen MR) is 105 cm³/mol. The smallest absolute Gasteiger partial charge is 0.271 e. The Balaban J connectivity index is 1.20. The largest absolute Gasteiger partial charge is 0.461 e. The number of imidazole rings is 1. The van der Waals surface area contributed by atoms with Crippen LogP contribution >= 0.6 is 0 Å². The average molecular weight is 395 g/mol. The van der Waals surface area contributed by atoms with E-state index in [0.29, 0.717) is 23.8 Å². The van der Waals surface area contributed by atoms with Crippen LogP contribution in [-0.2, 0) is 19.5 Å². The molecule has 1 N–H and O–H groups in total. The minimum atomic E-state index is -0.283. The number of fused-ring (bicyclic) bond motifs is 1. The first-order valence-electron chi connectivity index (χ1n) is 10.2. The van der Waals surface area contributed by atoms with Gasteiger partial charge in [-0.05, 0) is 38.3 Å². The zero-order valence-corrected chi connectivity index (χ0v) is 16.6. The fourth-order valence-electron chi connectivity index (χ4n) is 4.30. The summed E-state index contributed by atoms with van der Waals surface area (Å²) in [5.74, 6) is 2.24. The van der Waals surface area contributed by atoms with Crippen molar-refractivity contribution in [1.29, 1.82) is 0 Å². The second-order valence-electron chi connectivity index (χ2n) is 8.33. The molecule has 0 saturated carbocycles. The Kier molecular flexibility index (Phi) is 4.50. The van der Waals surface area contributed by atoms with Crippen LogP contribution in [0.15, 0.2) is 39.6 Å². The fraction of sp³-hybridized carbons (Fsp3) is 0.476. The van der Waals surface area contributed by atoms with Crippen molar-refractivity contribution in [2.75, 3.05) is 13.1 Å². The number of amides is 1. The third-order valence-corrected chi connectivity index (χ3v) is 5.82. The molecule has 29 heavy (non-hydrogen) atoms. The molecule has 2 aliphatic heterocycles. The van der Waals surface area contributed by atoms with Gasteiger partial charge < -0.3 is 18.8 Å². The van der Waals surface area contributed by atoms with E-state index in [1.54, 1.807) is 6.26 Å². The number of hydrogen-bond acceptors (Lipinski definition) is 6. The molecule has 3 aromatic rings.